The van der Waals surface area contributed by atoms with E-state index in [-0.39, 0.29) is 5.78 Å². The first-order chi connectivity index (χ1) is 11.0. The van der Waals surface area contributed by atoms with Crippen LogP contribution in [0.4, 0.5) is 0 Å². The molecule has 2 aromatic rings. The molecule has 0 radical (unpaired) electrons. The topological polar surface area (TPSA) is 70.5 Å². The van der Waals surface area contributed by atoms with E-state index in [2.05, 4.69) is 16.5 Å². The number of hydrogen-bond donors (Lipinski definition) is 0. The van der Waals surface area contributed by atoms with Crippen molar-refractivity contribution >= 4 is 16.7 Å². The molecule has 120 valence electrons. The van der Waals surface area contributed by atoms with Crippen molar-refractivity contribution in [2.24, 2.45) is 0 Å². The standard InChI is InChI=1S/C17H18N2O4/c1-6-14(10(2)11(3)20)23-17-12-7-15(21-4)16(22-5)8-13(12)18-9-19-17/h6-9H,1H2,2-5H3. The highest BCUT2D eigenvalue weighted by Gasteiger charge is 2.14. The fourth-order valence-electron chi connectivity index (χ4n) is 1.99. The number of ketones is 1. The highest BCUT2D eigenvalue weighted by Crippen LogP contribution is 2.35. The lowest BCUT2D eigenvalue weighted by molar-refractivity contribution is -0.113. The maximum absolute atomic E-state index is 11.5. The highest BCUT2D eigenvalue weighted by atomic mass is 16.5. The van der Waals surface area contributed by atoms with E-state index in [1.54, 1.807) is 33.3 Å². The number of rotatable bonds is 6. The van der Waals surface area contributed by atoms with E-state index in [0.29, 0.717) is 39.6 Å². The van der Waals surface area contributed by atoms with Gasteiger partial charge in [0.05, 0.1) is 25.1 Å². The van der Waals surface area contributed by atoms with Gasteiger partial charge in [-0.25, -0.2) is 9.97 Å². The number of hydrogen-bond acceptors (Lipinski definition) is 6. The van der Waals surface area contributed by atoms with Crippen molar-refractivity contribution in [2.45, 2.75) is 13.8 Å². The molecule has 0 aliphatic carbocycles. The number of nitrogens with zero attached hydrogens (tertiary/aromatic N) is 2. The minimum absolute atomic E-state index is 0.0995. The number of carbonyl (C=O) groups excluding carboxylic acids is 1. The number of allylic oxidation sites excluding steroid dienone is 2. The van der Waals surface area contributed by atoms with Crippen LogP contribution in [0.3, 0.4) is 0 Å². The molecule has 2 rings (SSSR count). The molecule has 0 saturated heterocycles. The summed E-state index contributed by atoms with van der Waals surface area (Å²) in [6.45, 7) is 6.82. The van der Waals surface area contributed by atoms with E-state index in [0.717, 1.165) is 0 Å². The molecule has 0 spiro atoms. The highest BCUT2D eigenvalue weighted by molar-refractivity contribution is 5.93. The van der Waals surface area contributed by atoms with E-state index in [4.69, 9.17) is 14.2 Å². The molecule has 0 saturated carbocycles. The summed E-state index contributed by atoms with van der Waals surface area (Å²) >= 11 is 0. The minimum Gasteiger partial charge on any atom is -0.493 e. The fourth-order valence-corrected chi connectivity index (χ4v) is 1.99. The maximum Gasteiger partial charge on any atom is 0.230 e. The lowest BCUT2D eigenvalue weighted by Crippen LogP contribution is -2.04. The van der Waals surface area contributed by atoms with E-state index >= 15 is 0 Å². The molecule has 0 aliphatic rings. The Balaban J connectivity index is 2.59. The maximum atomic E-state index is 11.5. The number of ether oxygens (including phenoxy) is 3. The average Bonchev–Trinajstić information content (AvgIpc) is 2.57. The van der Waals surface area contributed by atoms with Crippen LogP contribution in [0.1, 0.15) is 13.8 Å². The van der Waals surface area contributed by atoms with E-state index in [9.17, 15) is 4.79 Å². The summed E-state index contributed by atoms with van der Waals surface area (Å²) in [5.41, 5.74) is 1.10. The van der Waals surface area contributed by atoms with Crippen molar-refractivity contribution in [3.8, 4) is 17.4 Å². The van der Waals surface area contributed by atoms with Gasteiger partial charge < -0.3 is 14.2 Å². The van der Waals surface area contributed by atoms with Crippen LogP contribution in [0.15, 0.2) is 42.4 Å². The molecule has 0 N–H and O–H groups in total. The van der Waals surface area contributed by atoms with Crippen molar-refractivity contribution in [1.82, 2.24) is 9.97 Å². The Kier molecular flexibility index (Phi) is 4.95. The van der Waals surface area contributed by atoms with Crippen LogP contribution in [-0.4, -0.2) is 30.0 Å². The van der Waals surface area contributed by atoms with Gasteiger partial charge in [0.15, 0.2) is 17.3 Å². The average molecular weight is 314 g/mol. The lowest BCUT2D eigenvalue weighted by atomic mass is 10.2. The summed E-state index contributed by atoms with van der Waals surface area (Å²) in [6, 6.07) is 3.46. The van der Waals surface area contributed by atoms with Gasteiger partial charge in [-0.05, 0) is 26.0 Å². The van der Waals surface area contributed by atoms with Crippen molar-refractivity contribution in [3.05, 3.63) is 42.4 Å². The van der Waals surface area contributed by atoms with Gasteiger partial charge in [0.2, 0.25) is 5.88 Å². The molecule has 0 amide bonds. The van der Waals surface area contributed by atoms with Crippen molar-refractivity contribution in [1.29, 1.82) is 0 Å². The molecular formula is C17H18N2O4. The van der Waals surface area contributed by atoms with Crippen LogP contribution in [0, 0.1) is 0 Å². The summed E-state index contributed by atoms with van der Waals surface area (Å²) in [5, 5.41) is 0.640. The first kappa shape index (κ1) is 16.5. The third-order valence-electron chi connectivity index (χ3n) is 3.39. The Morgan fingerprint density at radius 3 is 2.35 bits per heavy atom. The van der Waals surface area contributed by atoms with Crippen LogP contribution in [-0.2, 0) is 4.79 Å². The second-order valence-corrected chi connectivity index (χ2v) is 4.75. The van der Waals surface area contributed by atoms with E-state index in [1.807, 2.05) is 0 Å². The zero-order chi connectivity index (χ0) is 17.0. The van der Waals surface area contributed by atoms with Gasteiger partial charge in [0.25, 0.3) is 0 Å². The Labute approximate surface area is 134 Å². The predicted octanol–water partition coefficient (Wildman–Crippen LogP) is 3.07. The number of benzene rings is 1. The molecule has 0 atom stereocenters. The van der Waals surface area contributed by atoms with Gasteiger partial charge in [-0.1, -0.05) is 6.58 Å². The summed E-state index contributed by atoms with van der Waals surface area (Å²) in [6.07, 6.45) is 2.86. The smallest absolute Gasteiger partial charge is 0.230 e. The molecule has 0 unspecified atom stereocenters. The number of Topliss-reactive ketones (excluding diaryl/α,β-unsaturated/α-hetero) is 1. The van der Waals surface area contributed by atoms with E-state index in [1.165, 1.54) is 19.3 Å². The molecule has 0 bridgehead atoms. The Morgan fingerprint density at radius 1 is 1.13 bits per heavy atom. The van der Waals surface area contributed by atoms with Gasteiger partial charge >= 0.3 is 0 Å². The molecule has 1 aromatic heterocycles. The third-order valence-corrected chi connectivity index (χ3v) is 3.39. The molecule has 0 aliphatic heterocycles. The summed E-state index contributed by atoms with van der Waals surface area (Å²) in [5.74, 6) is 1.66. The van der Waals surface area contributed by atoms with Gasteiger partial charge in [-0.2, -0.15) is 0 Å². The molecule has 0 fully saturated rings. The summed E-state index contributed by atoms with van der Waals surface area (Å²) in [7, 11) is 3.10. The van der Waals surface area contributed by atoms with Crippen molar-refractivity contribution in [3.63, 3.8) is 0 Å². The predicted molar refractivity (Wildman–Crippen MR) is 86.8 cm³/mol. The van der Waals surface area contributed by atoms with Crippen LogP contribution >= 0.6 is 0 Å². The van der Waals surface area contributed by atoms with Crippen LogP contribution in [0.25, 0.3) is 10.9 Å². The van der Waals surface area contributed by atoms with Crippen molar-refractivity contribution in [2.75, 3.05) is 14.2 Å². The fraction of sp³-hybridized carbons (Fsp3) is 0.235. The Bertz CT molecular complexity index is 797. The minimum atomic E-state index is -0.0995. The number of methoxy groups -OCH3 is 2. The van der Waals surface area contributed by atoms with Crippen molar-refractivity contribution < 1.29 is 19.0 Å². The van der Waals surface area contributed by atoms with Gasteiger partial charge in [-0.15, -0.1) is 0 Å². The molecular weight excluding hydrogens is 296 g/mol. The van der Waals surface area contributed by atoms with E-state index < -0.39 is 0 Å². The zero-order valence-corrected chi connectivity index (χ0v) is 13.5. The van der Waals surface area contributed by atoms with Crippen LogP contribution in [0.2, 0.25) is 0 Å². The first-order valence-corrected chi connectivity index (χ1v) is 6.90. The van der Waals surface area contributed by atoms with Gasteiger partial charge in [-0.3, -0.25) is 4.79 Å². The quantitative estimate of drug-likeness (QED) is 0.463. The largest absolute Gasteiger partial charge is 0.493 e. The molecule has 6 nitrogen and oxygen atoms in total. The number of aromatic nitrogens is 2. The normalized spacial score (nSPS) is 11.7. The van der Waals surface area contributed by atoms with Gasteiger partial charge in [0.1, 0.15) is 12.1 Å². The lowest BCUT2D eigenvalue weighted by Gasteiger charge is -2.12. The second-order valence-electron chi connectivity index (χ2n) is 4.75. The number of carbonyl (C=O) groups is 1. The van der Waals surface area contributed by atoms with Gasteiger partial charge in [0, 0.05) is 11.6 Å². The molecule has 1 aromatic carbocycles. The SMILES string of the molecule is C=CC(Oc1ncnc2cc(OC)c(OC)cc12)=C(C)C(C)=O. The Hall–Kier alpha value is -2.89. The molecule has 23 heavy (non-hydrogen) atoms. The zero-order valence-electron chi connectivity index (χ0n) is 13.5. The number of fused-ring (bicyclic) bond motifs is 1. The second kappa shape index (κ2) is 6.91. The summed E-state index contributed by atoms with van der Waals surface area (Å²) < 4.78 is 16.3. The first-order valence-electron chi connectivity index (χ1n) is 6.90. The Morgan fingerprint density at radius 2 is 1.78 bits per heavy atom. The third kappa shape index (κ3) is 3.31. The summed E-state index contributed by atoms with van der Waals surface area (Å²) in [4.78, 5) is 19.9. The monoisotopic (exact) mass is 314 g/mol. The molecule has 6 heteroatoms. The van der Waals surface area contributed by atoms with Crippen LogP contribution < -0.4 is 14.2 Å². The van der Waals surface area contributed by atoms with Crippen LogP contribution in [0.5, 0.6) is 17.4 Å². The molecule has 1 heterocycles.